The number of carbonyl (C=O) groups is 2. The summed E-state index contributed by atoms with van der Waals surface area (Å²) < 4.78 is 11.2. The lowest BCUT2D eigenvalue weighted by Crippen LogP contribution is -2.43. The van der Waals surface area contributed by atoms with Crippen LogP contribution in [0, 0.1) is 17.2 Å². The molecule has 0 saturated carbocycles. The first-order valence-electron chi connectivity index (χ1n) is 10.3. The Morgan fingerprint density at radius 3 is 2.50 bits per heavy atom. The summed E-state index contributed by atoms with van der Waals surface area (Å²) in [5.41, 5.74) is 1.49. The minimum absolute atomic E-state index is 0.0150. The molecule has 1 aromatic rings. The fourth-order valence-corrected chi connectivity index (χ4v) is 3.17. The molecule has 1 heterocycles. The highest BCUT2D eigenvalue weighted by Gasteiger charge is 2.35. The highest BCUT2D eigenvalue weighted by atomic mass is 16.5. The molecule has 2 rings (SSSR count). The van der Waals surface area contributed by atoms with Crippen molar-refractivity contribution in [3.8, 4) is 17.6 Å². The molecule has 0 N–H and O–H groups in total. The number of benzene rings is 1. The van der Waals surface area contributed by atoms with Crippen LogP contribution in [0.4, 0.5) is 0 Å². The quantitative estimate of drug-likeness (QED) is 0.340. The Labute approximate surface area is 178 Å². The van der Waals surface area contributed by atoms with E-state index < -0.39 is 5.91 Å². The average Bonchev–Trinajstić information content (AvgIpc) is 2.72. The monoisotopic (exact) mass is 410 g/mol. The number of hydrogen-bond donors (Lipinski definition) is 0. The SMILES string of the molecule is CCCCCN1C(=O)C(C#N)=C(C)/C(=C\c2ccc(OCC(C)C)c(OC)c2)C1=O. The zero-order valence-corrected chi connectivity index (χ0v) is 18.4. The van der Waals surface area contributed by atoms with E-state index in [4.69, 9.17) is 9.47 Å². The third-order valence-electron chi connectivity index (χ3n) is 4.88. The summed E-state index contributed by atoms with van der Waals surface area (Å²) in [6.07, 6.45) is 4.30. The summed E-state index contributed by atoms with van der Waals surface area (Å²) in [7, 11) is 1.56. The van der Waals surface area contributed by atoms with Crippen LogP contribution >= 0.6 is 0 Å². The maximum atomic E-state index is 13.0. The summed E-state index contributed by atoms with van der Waals surface area (Å²) >= 11 is 0. The number of methoxy groups -OCH3 is 1. The fraction of sp³-hybridized carbons (Fsp3) is 0.458. The van der Waals surface area contributed by atoms with Crippen molar-refractivity contribution in [3.05, 3.63) is 40.5 Å². The van der Waals surface area contributed by atoms with Gasteiger partial charge in [-0.2, -0.15) is 5.26 Å². The number of nitrogens with zero attached hydrogens (tertiary/aromatic N) is 2. The van der Waals surface area contributed by atoms with Gasteiger partial charge in [0.1, 0.15) is 11.6 Å². The summed E-state index contributed by atoms with van der Waals surface area (Å²) in [5, 5.41) is 9.48. The summed E-state index contributed by atoms with van der Waals surface area (Å²) in [4.78, 5) is 26.8. The highest BCUT2D eigenvalue weighted by molar-refractivity contribution is 6.19. The molecule has 1 aromatic carbocycles. The number of ether oxygens (including phenoxy) is 2. The standard InChI is InChI=1S/C24H30N2O4/c1-6-7-8-11-26-23(27)19(17(4)20(14-25)24(26)28)12-18-9-10-21(22(13-18)29-5)30-15-16(2)3/h9-10,12-13,16H,6-8,11,15H2,1-5H3/b19-12+. The van der Waals surface area contributed by atoms with E-state index in [0.29, 0.717) is 48.1 Å². The van der Waals surface area contributed by atoms with Crippen LogP contribution in [0.5, 0.6) is 11.5 Å². The zero-order valence-electron chi connectivity index (χ0n) is 18.4. The van der Waals surface area contributed by atoms with E-state index in [0.717, 1.165) is 18.4 Å². The average molecular weight is 411 g/mol. The Morgan fingerprint density at radius 1 is 1.17 bits per heavy atom. The van der Waals surface area contributed by atoms with Crippen molar-refractivity contribution in [1.82, 2.24) is 4.90 Å². The van der Waals surface area contributed by atoms with Crippen molar-refractivity contribution in [2.24, 2.45) is 5.92 Å². The number of unbranched alkanes of at least 4 members (excludes halogenated alkanes) is 2. The topological polar surface area (TPSA) is 79.6 Å². The predicted molar refractivity (Wildman–Crippen MR) is 116 cm³/mol. The molecule has 0 unspecified atom stereocenters. The van der Waals surface area contributed by atoms with Gasteiger partial charge in [0, 0.05) is 12.1 Å². The Bertz CT molecular complexity index is 906. The van der Waals surface area contributed by atoms with Crippen molar-refractivity contribution in [1.29, 1.82) is 5.26 Å². The highest BCUT2D eigenvalue weighted by Crippen LogP contribution is 2.32. The smallest absolute Gasteiger partial charge is 0.271 e. The molecule has 0 saturated heterocycles. The fourth-order valence-electron chi connectivity index (χ4n) is 3.17. The Balaban J connectivity index is 2.42. The van der Waals surface area contributed by atoms with Gasteiger partial charge in [0.25, 0.3) is 11.8 Å². The van der Waals surface area contributed by atoms with Crippen molar-refractivity contribution < 1.29 is 19.1 Å². The minimum Gasteiger partial charge on any atom is -0.493 e. The van der Waals surface area contributed by atoms with Crippen LogP contribution in [0.1, 0.15) is 52.5 Å². The van der Waals surface area contributed by atoms with Crippen molar-refractivity contribution in [2.75, 3.05) is 20.3 Å². The van der Waals surface area contributed by atoms with Crippen LogP contribution in [0.25, 0.3) is 6.08 Å². The van der Waals surface area contributed by atoms with Crippen LogP contribution in [-0.2, 0) is 9.59 Å². The van der Waals surface area contributed by atoms with E-state index in [2.05, 4.69) is 20.8 Å². The molecule has 0 radical (unpaired) electrons. The van der Waals surface area contributed by atoms with Crippen LogP contribution in [-0.4, -0.2) is 37.0 Å². The molecule has 0 fully saturated rings. The van der Waals surface area contributed by atoms with E-state index >= 15 is 0 Å². The third kappa shape index (κ3) is 5.29. The van der Waals surface area contributed by atoms with Gasteiger partial charge in [-0.05, 0) is 48.6 Å². The molecule has 0 aromatic heterocycles. The molecule has 1 aliphatic rings. The van der Waals surface area contributed by atoms with Gasteiger partial charge >= 0.3 is 0 Å². The van der Waals surface area contributed by atoms with E-state index in [1.807, 2.05) is 12.1 Å². The summed E-state index contributed by atoms with van der Waals surface area (Å²) in [6.45, 7) is 8.70. The largest absolute Gasteiger partial charge is 0.493 e. The molecule has 160 valence electrons. The van der Waals surface area contributed by atoms with E-state index in [1.54, 1.807) is 32.2 Å². The number of carbonyl (C=O) groups excluding carboxylic acids is 2. The van der Waals surface area contributed by atoms with Gasteiger partial charge in [-0.1, -0.05) is 39.7 Å². The molecular weight excluding hydrogens is 380 g/mol. The maximum Gasteiger partial charge on any atom is 0.271 e. The Kier molecular flexibility index (Phi) is 8.23. The first-order valence-corrected chi connectivity index (χ1v) is 10.3. The van der Waals surface area contributed by atoms with E-state index in [-0.39, 0.29) is 11.5 Å². The van der Waals surface area contributed by atoms with E-state index in [9.17, 15) is 14.9 Å². The normalized spacial score (nSPS) is 15.8. The van der Waals surface area contributed by atoms with Crippen LogP contribution in [0.15, 0.2) is 34.9 Å². The number of rotatable bonds is 9. The van der Waals surface area contributed by atoms with Gasteiger partial charge in [-0.25, -0.2) is 0 Å². The maximum absolute atomic E-state index is 13.0. The number of imide groups is 1. The molecule has 0 aliphatic carbocycles. The first-order chi connectivity index (χ1) is 14.3. The van der Waals surface area contributed by atoms with Crippen molar-refractivity contribution in [2.45, 2.75) is 47.0 Å². The van der Waals surface area contributed by atoms with Gasteiger partial charge in [0.05, 0.1) is 13.7 Å². The zero-order chi connectivity index (χ0) is 22.3. The number of amides is 2. The van der Waals surface area contributed by atoms with Crippen molar-refractivity contribution >= 4 is 17.9 Å². The number of hydrogen-bond acceptors (Lipinski definition) is 5. The Hall–Kier alpha value is -3.07. The van der Waals surface area contributed by atoms with Gasteiger partial charge in [-0.3, -0.25) is 14.5 Å². The molecule has 6 heteroatoms. The van der Waals surface area contributed by atoms with Crippen LogP contribution < -0.4 is 9.47 Å². The summed E-state index contributed by atoms with van der Waals surface area (Å²) in [5.74, 6) is 0.690. The second-order valence-electron chi connectivity index (χ2n) is 7.75. The van der Waals surface area contributed by atoms with Gasteiger partial charge in [-0.15, -0.1) is 0 Å². The molecule has 30 heavy (non-hydrogen) atoms. The molecule has 0 bridgehead atoms. The predicted octanol–water partition coefficient (Wildman–Crippen LogP) is 4.51. The number of nitriles is 1. The van der Waals surface area contributed by atoms with Gasteiger partial charge < -0.3 is 9.47 Å². The van der Waals surface area contributed by atoms with Gasteiger partial charge in [0.15, 0.2) is 11.5 Å². The lowest BCUT2D eigenvalue weighted by Gasteiger charge is -2.27. The Morgan fingerprint density at radius 2 is 1.90 bits per heavy atom. The molecule has 0 atom stereocenters. The second kappa shape index (κ2) is 10.6. The first kappa shape index (κ1) is 23.2. The molecular formula is C24H30N2O4. The lowest BCUT2D eigenvalue weighted by atomic mass is 9.93. The molecule has 2 amide bonds. The molecule has 1 aliphatic heterocycles. The summed E-state index contributed by atoms with van der Waals surface area (Å²) in [6, 6.07) is 7.38. The van der Waals surface area contributed by atoms with Gasteiger partial charge in [0.2, 0.25) is 0 Å². The molecule has 0 spiro atoms. The second-order valence-corrected chi connectivity index (χ2v) is 7.75. The lowest BCUT2D eigenvalue weighted by molar-refractivity contribution is -0.140. The third-order valence-corrected chi connectivity index (χ3v) is 4.88. The van der Waals surface area contributed by atoms with Crippen LogP contribution in [0.3, 0.4) is 0 Å². The van der Waals surface area contributed by atoms with Crippen molar-refractivity contribution in [3.63, 3.8) is 0 Å². The minimum atomic E-state index is -0.511. The molecule has 6 nitrogen and oxygen atoms in total. The van der Waals surface area contributed by atoms with E-state index in [1.165, 1.54) is 4.90 Å². The van der Waals surface area contributed by atoms with Crippen LogP contribution in [0.2, 0.25) is 0 Å².